The number of anilines is 2. The summed E-state index contributed by atoms with van der Waals surface area (Å²) >= 11 is 17.8. The van der Waals surface area contributed by atoms with E-state index in [9.17, 15) is 14.0 Å². The highest BCUT2D eigenvalue weighted by molar-refractivity contribution is 6.46. The maximum Gasteiger partial charge on any atom is 0.359 e. The van der Waals surface area contributed by atoms with Gasteiger partial charge in [0.15, 0.2) is 10.8 Å². The second-order valence-corrected chi connectivity index (χ2v) is 7.10. The third kappa shape index (κ3) is 4.81. The van der Waals surface area contributed by atoms with Gasteiger partial charge in [-0.25, -0.2) is 14.2 Å². The van der Waals surface area contributed by atoms with E-state index in [4.69, 9.17) is 45.3 Å². The molecule has 0 aliphatic heterocycles. The third-order valence-corrected chi connectivity index (χ3v) is 5.08. The van der Waals surface area contributed by atoms with Crippen LogP contribution in [0.1, 0.15) is 22.2 Å². The number of ether oxygens (including phenoxy) is 1. The Bertz CT molecular complexity index is 1100. The molecular formula is C20H13Cl3FN3O3. The van der Waals surface area contributed by atoms with Gasteiger partial charge in [0, 0.05) is 11.3 Å². The molecule has 0 fully saturated rings. The number of aromatic nitrogens is 1. The van der Waals surface area contributed by atoms with Crippen LogP contribution in [0.5, 0.6) is 0 Å². The molecule has 0 saturated carbocycles. The van der Waals surface area contributed by atoms with Crippen molar-refractivity contribution in [3.05, 3.63) is 86.9 Å². The molecule has 1 heterocycles. The van der Waals surface area contributed by atoms with Crippen LogP contribution in [0, 0.1) is 5.82 Å². The first-order valence-corrected chi connectivity index (χ1v) is 9.53. The third-order valence-electron chi connectivity index (χ3n) is 3.94. The fourth-order valence-electron chi connectivity index (χ4n) is 2.47. The van der Waals surface area contributed by atoms with E-state index in [1.54, 1.807) is 30.3 Å². The summed E-state index contributed by atoms with van der Waals surface area (Å²) < 4.78 is 18.5. The summed E-state index contributed by atoms with van der Waals surface area (Å²) in [6.45, 7) is 0. The van der Waals surface area contributed by atoms with Crippen LogP contribution in [0.4, 0.5) is 15.8 Å². The number of nitrogens with one attached hydrogen (secondary N) is 1. The zero-order valence-electron chi connectivity index (χ0n) is 15.0. The van der Waals surface area contributed by atoms with Crippen molar-refractivity contribution in [2.75, 3.05) is 11.1 Å². The Hall–Kier alpha value is -2.87. The predicted octanol–water partition coefficient (Wildman–Crippen LogP) is 5.30. The Labute approximate surface area is 185 Å². The van der Waals surface area contributed by atoms with Crippen molar-refractivity contribution in [2.24, 2.45) is 0 Å². The van der Waals surface area contributed by atoms with Crippen LogP contribution in [0.2, 0.25) is 15.2 Å². The summed E-state index contributed by atoms with van der Waals surface area (Å²) in [4.78, 5) is 29.3. The fourth-order valence-corrected chi connectivity index (χ4v) is 3.06. The number of halogens is 4. The van der Waals surface area contributed by atoms with E-state index in [2.05, 4.69) is 10.3 Å². The summed E-state index contributed by atoms with van der Waals surface area (Å²) in [6.07, 6.45) is -1.36. The van der Waals surface area contributed by atoms with Crippen LogP contribution in [0.15, 0.2) is 54.6 Å². The number of amides is 1. The molecule has 0 bridgehead atoms. The maximum absolute atomic E-state index is 13.1. The van der Waals surface area contributed by atoms with E-state index in [-0.39, 0.29) is 26.6 Å². The first kappa shape index (κ1) is 21.8. The van der Waals surface area contributed by atoms with E-state index in [1.165, 1.54) is 24.3 Å². The summed E-state index contributed by atoms with van der Waals surface area (Å²) in [5, 5.41) is 1.97. The average Bonchev–Trinajstić information content (AvgIpc) is 2.75. The number of nitrogen functional groups attached to an aromatic ring is 1. The maximum atomic E-state index is 13.1. The van der Waals surface area contributed by atoms with E-state index in [0.717, 1.165) is 0 Å². The van der Waals surface area contributed by atoms with Crippen molar-refractivity contribution >= 4 is 58.1 Å². The van der Waals surface area contributed by atoms with Gasteiger partial charge < -0.3 is 15.8 Å². The van der Waals surface area contributed by atoms with Crippen LogP contribution in [0.3, 0.4) is 0 Å². The molecule has 30 heavy (non-hydrogen) atoms. The molecule has 0 spiro atoms. The molecule has 0 aliphatic rings. The number of pyridine rings is 1. The standard InChI is InChI=1S/C20H13Cl3FN3O3/c21-13-15(25)14(22)18(23)27-16(13)20(29)30-17(10-4-2-1-3-5-10)19(28)26-12-8-6-11(24)7-9-12/h1-9,17H,(H2,25,27)(H,26,28). The van der Waals surface area contributed by atoms with Gasteiger partial charge in [0.2, 0.25) is 6.10 Å². The number of benzene rings is 2. The molecule has 3 rings (SSSR count). The molecule has 1 atom stereocenters. The Balaban J connectivity index is 1.91. The zero-order chi connectivity index (χ0) is 21.8. The lowest BCUT2D eigenvalue weighted by Gasteiger charge is -2.18. The fraction of sp³-hybridized carbons (Fsp3) is 0.0500. The minimum Gasteiger partial charge on any atom is -0.443 e. The highest BCUT2D eigenvalue weighted by Crippen LogP contribution is 2.35. The monoisotopic (exact) mass is 467 g/mol. The molecule has 6 nitrogen and oxygen atoms in total. The van der Waals surface area contributed by atoms with Crippen molar-refractivity contribution in [2.45, 2.75) is 6.10 Å². The number of rotatable bonds is 5. The minimum atomic E-state index is -1.36. The highest BCUT2D eigenvalue weighted by Gasteiger charge is 2.29. The van der Waals surface area contributed by atoms with Crippen LogP contribution in [0.25, 0.3) is 0 Å². The summed E-state index contributed by atoms with van der Waals surface area (Å²) in [5.41, 5.74) is 5.90. The molecule has 3 aromatic rings. The summed E-state index contributed by atoms with van der Waals surface area (Å²) in [5.74, 6) is -2.17. The van der Waals surface area contributed by atoms with Gasteiger partial charge in [0.05, 0.1) is 10.7 Å². The lowest BCUT2D eigenvalue weighted by Crippen LogP contribution is -2.26. The average molecular weight is 469 g/mol. The Kier molecular flexibility index (Phi) is 6.77. The van der Waals surface area contributed by atoms with Crippen molar-refractivity contribution in [1.82, 2.24) is 4.98 Å². The lowest BCUT2D eigenvalue weighted by atomic mass is 10.1. The largest absolute Gasteiger partial charge is 0.443 e. The molecule has 2 aromatic carbocycles. The van der Waals surface area contributed by atoms with Gasteiger partial charge in [-0.15, -0.1) is 0 Å². The van der Waals surface area contributed by atoms with Crippen LogP contribution >= 0.6 is 34.8 Å². The molecule has 0 aliphatic carbocycles. The van der Waals surface area contributed by atoms with Gasteiger partial charge in [-0.2, -0.15) is 0 Å². The number of nitrogens with zero attached hydrogens (tertiary/aromatic N) is 1. The highest BCUT2D eigenvalue weighted by atomic mass is 35.5. The van der Waals surface area contributed by atoms with Gasteiger partial charge in [0.25, 0.3) is 5.91 Å². The van der Waals surface area contributed by atoms with Gasteiger partial charge in [-0.1, -0.05) is 65.1 Å². The van der Waals surface area contributed by atoms with Crippen LogP contribution < -0.4 is 11.1 Å². The van der Waals surface area contributed by atoms with E-state index in [1.807, 2.05) is 0 Å². The summed E-state index contributed by atoms with van der Waals surface area (Å²) in [6, 6.07) is 13.4. The molecule has 1 aromatic heterocycles. The Morgan fingerprint density at radius 2 is 1.63 bits per heavy atom. The SMILES string of the molecule is Nc1c(Cl)c(Cl)nc(C(=O)OC(C(=O)Nc2ccc(F)cc2)c2ccccc2)c1Cl. The lowest BCUT2D eigenvalue weighted by molar-refractivity contribution is -0.125. The van der Waals surface area contributed by atoms with Crippen molar-refractivity contribution in [3.63, 3.8) is 0 Å². The number of hydrogen-bond acceptors (Lipinski definition) is 5. The smallest absolute Gasteiger partial charge is 0.359 e. The second-order valence-electron chi connectivity index (χ2n) is 5.99. The molecule has 10 heteroatoms. The minimum absolute atomic E-state index is 0.105. The molecular weight excluding hydrogens is 456 g/mol. The van der Waals surface area contributed by atoms with Crippen LogP contribution in [-0.4, -0.2) is 16.9 Å². The quantitative estimate of drug-likeness (QED) is 0.391. The van der Waals surface area contributed by atoms with Crippen LogP contribution in [-0.2, 0) is 9.53 Å². The number of carbonyl (C=O) groups excluding carboxylic acids is 2. The molecule has 154 valence electrons. The van der Waals surface area contributed by atoms with Crippen molar-refractivity contribution in [3.8, 4) is 0 Å². The van der Waals surface area contributed by atoms with Gasteiger partial charge in [-0.3, -0.25) is 4.79 Å². The zero-order valence-corrected chi connectivity index (χ0v) is 17.3. The Morgan fingerprint density at radius 3 is 2.27 bits per heavy atom. The second kappa shape index (κ2) is 9.30. The number of carbonyl (C=O) groups is 2. The van der Waals surface area contributed by atoms with Gasteiger partial charge >= 0.3 is 5.97 Å². The van der Waals surface area contributed by atoms with Gasteiger partial charge in [-0.05, 0) is 24.3 Å². The normalized spacial score (nSPS) is 11.6. The molecule has 1 unspecified atom stereocenters. The Morgan fingerprint density at radius 1 is 1.00 bits per heavy atom. The number of esters is 1. The van der Waals surface area contributed by atoms with E-state index in [0.29, 0.717) is 11.3 Å². The predicted molar refractivity (Wildman–Crippen MR) is 113 cm³/mol. The number of hydrogen-bond donors (Lipinski definition) is 2. The molecule has 3 N–H and O–H groups in total. The van der Waals surface area contributed by atoms with Gasteiger partial charge in [0.1, 0.15) is 10.8 Å². The van der Waals surface area contributed by atoms with Crippen molar-refractivity contribution < 1.29 is 18.7 Å². The molecule has 0 saturated heterocycles. The van der Waals surface area contributed by atoms with E-state index >= 15 is 0 Å². The topological polar surface area (TPSA) is 94.3 Å². The summed E-state index contributed by atoms with van der Waals surface area (Å²) in [7, 11) is 0. The first-order valence-electron chi connectivity index (χ1n) is 8.40. The number of nitrogens with two attached hydrogens (primary N) is 1. The van der Waals surface area contributed by atoms with E-state index < -0.39 is 23.8 Å². The van der Waals surface area contributed by atoms with Crippen molar-refractivity contribution in [1.29, 1.82) is 0 Å². The first-order chi connectivity index (χ1) is 14.3. The molecule has 1 amide bonds. The molecule has 0 radical (unpaired) electrons.